The van der Waals surface area contributed by atoms with Crippen molar-refractivity contribution in [2.45, 2.75) is 46.2 Å². The summed E-state index contributed by atoms with van der Waals surface area (Å²) in [6.07, 6.45) is 4.31. The molecule has 8 nitrogen and oxygen atoms in total. The summed E-state index contributed by atoms with van der Waals surface area (Å²) < 4.78 is 13.2. The van der Waals surface area contributed by atoms with Crippen LogP contribution >= 0.6 is 0 Å². The highest BCUT2D eigenvalue weighted by Gasteiger charge is 2.16. The van der Waals surface area contributed by atoms with Crippen LogP contribution in [0.3, 0.4) is 0 Å². The van der Waals surface area contributed by atoms with Crippen molar-refractivity contribution in [3.8, 4) is 0 Å². The minimum atomic E-state index is -0.186. The second-order valence-corrected chi connectivity index (χ2v) is 8.13. The van der Waals surface area contributed by atoms with E-state index in [4.69, 9.17) is 9.15 Å². The lowest BCUT2D eigenvalue weighted by Gasteiger charge is -2.26. The number of ether oxygens (including phenoxy) is 1. The molecule has 176 valence electrons. The number of hydrogen-bond donors (Lipinski definition) is 1. The monoisotopic (exact) mass is 444 g/mol. The average molecular weight is 445 g/mol. The summed E-state index contributed by atoms with van der Waals surface area (Å²) in [6.45, 7) is 10.9. The Morgan fingerprint density at radius 3 is 2.72 bits per heavy atom. The number of furan rings is 1. The van der Waals surface area contributed by atoms with E-state index in [0.717, 1.165) is 57.9 Å². The van der Waals surface area contributed by atoms with Gasteiger partial charge in [0.25, 0.3) is 5.91 Å². The van der Waals surface area contributed by atoms with Crippen molar-refractivity contribution < 1.29 is 18.7 Å². The Kier molecular flexibility index (Phi) is 9.37. The van der Waals surface area contributed by atoms with E-state index in [-0.39, 0.29) is 11.8 Å². The fourth-order valence-corrected chi connectivity index (χ4v) is 3.90. The first kappa shape index (κ1) is 24.1. The molecule has 0 aliphatic carbocycles. The molecule has 1 saturated heterocycles. The van der Waals surface area contributed by atoms with Gasteiger partial charge in [-0.3, -0.25) is 14.5 Å². The maximum Gasteiger partial charge on any atom is 0.286 e. The topological polar surface area (TPSA) is 80.0 Å². The molecule has 1 aliphatic heterocycles. The Hall–Kier alpha value is -2.58. The molecule has 0 saturated carbocycles. The quantitative estimate of drug-likeness (QED) is 0.509. The fraction of sp³-hybridized carbons (Fsp3) is 0.583. The minimum Gasteiger partial charge on any atom is -0.454 e. The molecule has 0 unspecified atom stereocenters. The molecule has 32 heavy (non-hydrogen) atoms. The smallest absolute Gasteiger partial charge is 0.286 e. The number of carbonyl (C=O) groups is 2. The Morgan fingerprint density at radius 1 is 1.16 bits per heavy atom. The number of nitrogens with one attached hydrogen (secondary N) is 1. The summed E-state index contributed by atoms with van der Waals surface area (Å²) in [6, 6.07) is 7.56. The highest BCUT2D eigenvalue weighted by atomic mass is 16.5. The number of hydrogen-bond acceptors (Lipinski definition) is 5. The zero-order chi connectivity index (χ0) is 22.8. The lowest BCUT2D eigenvalue weighted by Crippen LogP contribution is -2.38. The first-order valence-electron chi connectivity index (χ1n) is 11.7. The Bertz CT molecular complexity index is 854. The van der Waals surface area contributed by atoms with Crippen LogP contribution < -0.4 is 5.32 Å². The number of nitrogens with zero attached hydrogens (tertiary/aromatic N) is 3. The van der Waals surface area contributed by atoms with E-state index in [9.17, 15) is 9.59 Å². The van der Waals surface area contributed by atoms with Gasteiger partial charge >= 0.3 is 0 Å². The van der Waals surface area contributed by atoms with E-state index in [1.165, 1.54) is 0 Å². The number of aromatic nitrogens is 1. The van der Waals surface area contributed by atoms with Crippen molar-refractivity contribution in [2.24, 2.45) is 0 Å². The van der Waals surface area contributed by atoms with Crippen molar-refractivity contribution in [3.05, 3.63) is 47.7 Å². The van der Waals surface area contributed by atoms with Gasteiger partial charge in [-0.25, -0.2) is 0 Å². The van der Waals surface area contributed by atoms with Gasteiger partial charge in [0, 0.05) is 44.5 Å². The molecule has 8 heteroatoms. The Labute approximate surface area is 190 Å². The third-order valence-electron chi connectivity index (χ3n) is 5.68. The summed E-state index contributed by atoms with van der Waals surface area (Å²) in [5, 5.41) is 2.94. The number of carbonyl (C=O) groups excluding carboxylic acids is 2. The number of amides is 2. The highest BCUT2D eigenvalue weighted by Crippen LogP contribution is 2.14. The molecule has 0 aromatic carbocycles. The van der Waals surface area contributed by atoms with Crippen LogP contribution in [-0.2, 0) is 22.6 Å². The van der Waals surface area contributed by atoms with Crippen LogP contribution in [-0.4, -0.2) is 72.1 Å². The number of morpholine rings is 1. The SMILES string of the molecule is CCCN(Cc1cccn1Cc1ccc(C(=O)NCCCN2CCOCC2)o1)C(=O)CC. The molecule has 0 spiro atoms. The van der Waals surface area contributed by atoms with Gasteiger partial charge < -0.3 is 23.9 Å². The van der Waals surface area contributed by atoms with Crippen molar-refractivity contribution in [3.63, 3.8) is 0 Å². The summed E-state index contributed by atoms with van der Waals surface area (Å²) in [5.74, 6) is 1.01. The standard InChI is InChI=1S/C24H36N4O4/c1-3-11-28(23(29)4-2)18-20-7-5-13-27(20)19-21-8-9-22(32-21)24(30)25-10-6-12-26-14-16-31-17-15-26/h5,7-9,13H,3-4,6,10-12,14-19H2,1-2H3,(H,25,30). The van der Waals surface area contributed by atoms with Gasteiger partial charge in [0.15, 0.2) is 5.76 Å². The maximum absolute atomic E-state index is 12.4. The van der Waals surface area contributed by atoms with Crippen LogP contribution in [0.15, 0.2) is 34.9 Å². The molecule has 2 aromatic rings. The lowest BCUT2D eigenvalue weighted by molar-refractivity contribution is -0.131. The van der Waals surface area contributed by atoms with Crippen molar-refractivity contribution in [2.75, 3.05) is 45.9 Å². The average Bonchev–Trinajstić information content (AvgIpc) is 3.46. The van der Waals surface area contributed by atoms with Crippen LogP contribution in [0.5, 0.6) is 0 Å². The third kappa shape index (κ3) is 6.97. The van der Waals surface area contributed by atoms with E-state index < -0.39 is 0 Å². The zero-order valence-corrected chi connectivity index (χ0v) is 19.3. The highest BCUT2D eigenvalue weighted by molar-refractivity contribution is 5.91. The van der Waals surface area contributed by atoms with Gasteiger partial charge in [0.2, 0.25) is 5.91 Å². The van der Waals surface area contributed by atoms with Gasteiger partial charge in [-0.2, -0.15) is 0 Å². The second-order valence-electron chi connectivity index (χ2n) is 8.13. The molecule has 1 fully saturated rings. The van der Waals surface area contributed by atoms with Crippen molar-refractivity contribution >= 4 is 11.8 Å². The number of rotatable bonds is 12. The molecule has 3 heterocycles. The van der Waals surface area contributed by atoms with Crippen molar-refractivity contribution in [1.82, 2.24) is 19.7 Å². The predicted octanol–water partition coefficient (Wildman–Crippen LogP) is 2.73. The van der Waals surface area contributed by atoms with Crippen LogP contribution in [0.25, 0.3) is 0 Å². The third-order valence-corrected chi connectivity index (χ3v) is 5.68. The predicted molar refractivity (Wildman–Crippen MR) is 122 cm³/mol. The van der Waals surface area contributed by atoms with Crippen LogP contribution in [0.2, 0.25) is 0 Å². The lowest BCUT2D eigenvalue weighted by atomic mass is 10.3. The van der Waals surface area contributed by atoms with Crippen LogP contribution in [0.4, 0.5) is 0 Å². The molecule has 0 bridgehead atoms. The van der Waals surface area contributed by atoms with Gasteiger partial charge in [0.05, 0.1) is 26.3 Å². The molecular formula is C24H36N4O4. The molecule has 0 atom stereocenters. The Morgan fingerprint density at radius 2 is 1.97 bits per heavy atom. The first-order valence-corrected chi connectivity index (χ1v) is 11.7. The second kappa shape index (κ2) is 12.5. The van der Waals surface area contributed by atoms with Crippen molar-refractivity contribution in [1.29, 1.82) is 0 Å². The minimum absolute atomic E-state index is 0.158. The molecule has 1 N–H and O–H groups in total. The van der Waals surface area contributed by atoms with Gasteiger partial charge in [0.1, 0.15) is 5.76 Å². The van der Waals surface area contributed by atoms with E-state index >= 15 is 0 Å². The Balaban J connectivity index is 1.49. The van der Waals surface area contributed by atoms with Crippen LogP contribution in [0.1, 0.15) is 55.1 Å². The molecule has 3 rings (SSSR count). The normalized spacial score (nSPS) is 14.4. The summed E-state index contributed by atoms with van der Waals surface area (Å²) in [5.41, 5.74) is 1.05. The molecular weight excluding hydrogens is 408 g/mol. The summed E-state index contributed by atoms with van der Waals surface area (Å²) in [7, 11) is 0. The van der Waals surface area contributed by atoms with E-state index in [1.54, 1.807) is 6.07 Å². The summed E-state index contributed by atoms with van der Waals surface area (Å²) >= 11 is 0. The first-order chi connectivity index (χ1) is 15.6. The largest absolute Gasteiger partial charge is 0.454 e. The zero-order valence-electron chi connectivity index (χ0n) is 19.3. The van der Waals surface area contributed by atoms with Gasteiger partial charge in [-0.15, -0.1) is 0 Å². The van der Waals surface area contributed by atoms with E-state index in [2.05, 4.69) is 21.7 Å². The maximum atomic E-state index is 12.4. The fourth-order valence-electron chi connectivity index (χ4n) is 3.90. The molecule has 2 aromatic heterocycles. The summed E-state index contributed by atoms with van der Waals surface area (Å²) in [4.78, 5) is 28.9. The molecule has 0 radical (unpaired) electrons. The molecule has 1 aliphatic rings. The van der Waals surface area contributed by atoms with Crippen LogP contribution in [0, 0.1) is 0 Å². The van der Waals surface area contributed by atoms with Gasteiger partial charge in [-0.1, -0.05) is 13.8 Å². The van der Waals surface area contributed by atoms with Gasteiger partial charge in [-0.05, 0) is 43.7 Å². The van der Waals surface area contributed by atoms with E-state index in [1.807, 2.05) is 36.2 Å². The molecule has 2 amide bonds. The van der Waals surface area contributed by atoms with E-state index in [0.29, 0.717) is 37.6 Å².